The zero-order valence-corrected chi connectivity index (χ0v) is 13.1. The third-order valence-corrected chi connectivity index (χ3v) is 4.25. The van der Waals surface area contributed by atoms with Gasteiger partial charge in [-0.05, 0) is 30.5 Å². The van der Waals surface area contributed by atoms with Crippen LogP contribution in [0.1, 0.15) is 13.3 Å². The zero-order valence-electron chi connectivity index (χ0n) is 11.5. The topological polar surface area (TPSA) is 62.7 Å². The summed E-state index contributed by atoms with van der Waals surface area (Å²) in [7, 11) is 0. The second-order valence-corrected chi connectivity index (χ2v) is 6.16. The lowest BCUT2D eigenvalue weighted by Gasteiger charge is -2.16. The van der Waals surface area contributed by atoms with Crippen molar-refractivity contribution in [2.24, 2.45) is 0 Å². The monoisotopic (exact) mass is 350 g/mol. The van der Waals surface area contributed by atoms with Gasteiger partial charge in [0.05, 0.1) is 6.54 Å². The molecule has 1 aliphatic rings. The van der Waals surface area contributed by atoms with Crippen LogP contribution < -0.4 is 4.74 Å². The Bertz CT molecular complexity index is 692. The molecule has 5 nitrogen and oxygen atoms in total. The third kappa shape index (κ3) is 2.81. The van der Waals surface area contributed by atoms with Gasteiger partial charge in [0.1, 0.15) is 6.10 Å². The van der Waals surface area contributed by atoms with E-state index in [1.807, 2.05) is 31.2 Å². The van der Waals surface area contributed by atoms with Gasteiger partial charge in [0.25, 0.3) is 0 Å². The van der Waals surface area contributed by atoms with Crippen LogP contribution in [0, 0.1) is 0 Å². The van der Waals surface area contributed by atoms with Crippen molar-refractivity contribution in [2.75, 3.05) is 6.54 Å². The number of carbonyl (C=O) groups is 1. The lowest BCUT2D eigenvalue weighted by Crippen LogP contribution is -2.33. The first kappa shape index (κ1) is 14.1. The molecule has 1 aromatic heterocycles. The highest BCUT2D eigenvalue weighted by atomic mass is 79.9. The molecule has 0 radical (unpaired) electrons. The minimum Gasteiger partial charge on any atom is -0.472 e. The number of halogens is 1. The van der Waals surface area contributed by atoms with E-state index in [1.54, 1.807) is 6.20 Å². The number of hydrogen-bond acceptors (Lipinski definition) is 3. The van der Waals surface area contributed by atoms with Crippen LogP contribution in [0.2, 0.25) is 0 Å². The van der Waals surface area contributed by atoms with Gasteiger partial charge in [-0.15, -0.1) is 0 Å². The first-order chi connectivity index (χ1) is 10.0. The van der Waals surface area contributed by atoms with Crippen LogP contribution in [0.5, 0.6) is 5.88 Å². The second-order valence-electron chi connectivity index (χ2n) is 5.24. The number of nitrogens with zero attached hydrogens (tertiary/aromatic N) is 2. The molecule has 0 bridgehead atoms. The summed E-state index contributed by atoms with van der Waals surface area (Å²) in [4.78, 5) is 16.8. The van der Waals surface area contributed by atoms with Gasteiger partial charge in [-0.3, -0.25) is 0 Å². The Morgan fingerprint density at radius 2 is 2.29 bits per heavy atom. The van der Waals surface area contributed by atoms with E-state index in [0.29, 0.717) is 18.8 Å². The summed E-state index contributed by atoms with van der Waals surface area (Å²) < 4.78 is 6.92. The normalized spacial score (nSPS) is 21.7. The second kappa shape index (κ2) is 5.52. The molecule has 110 valence electrons. The third-order valence-electron chi connectivity index (χ3n) is 3.75. The van der Waals surface area contributed by atoms with E-state index in [9.17, 15) is 4.79 Å². The summed E-state index contributed by atoms with van der Waals surface area (Å²) in [5.74, 6) is 0.554. The Morgan fingerprint density at radius 1 is 1.48 bits per heavy atom. The maximum absolute atomic E-state index is 11.1. The van der Waals surface area contributed by atoms with Crippen molar-refractivity contribution in [3.8, 4) is 5.88 Å². The van der Waals surface area contributed by atoms with Crippen LogP contribution in [-0.2, 0) is 0 Å². The Kier molecular flexibility index (Phi) is 3.71. The molecule has 1 aliphatic heterocycles. The minimum absolute atomic E-state index is 0.0331. The average molecular weight is 351 g/mol. The molecule has 3 rings (SSSR count). The summed E-state index contributed by atoms with van der Waals surface area (Å²) in [6, 6.07) is 7.82. The van der Waals surface area contributed by atoms with Gasteiger partial charge >= 0.3 is 6.09 Å². The fourth-order valence-corrected chi connectivity index (χ4v) is 3.06. The van der Waals surface area contributed by atoms with Crippen molar-refractivity contribution in [3.05, 3.63) is 34.9 Å². The van der Waals surface area contributed by atoms with E-state index in [1.165, 1.54) is 4.90 Å². The average Bonchev–Trinajstić information content (AvgIpc) is 2.80. The van der Waals surface area contributed by atoms with E-state index in [0.717, 1.165) is 15.2 Å². The van der Waals surface area contributed by atoms with Crippen LogP contribution in [0.4, 0.5) is 4.79 Å². The summed E-state index contributed by atoms with van der Waals surface area (Å²) in [5, 5.41) is 11.1. The van der Waals surface area contributed by atoms with Crippen molar-refractivity contribution in [1.82, 2.24) is 9.88 Å². The quantitative estimate of drug-likeness (QED) is 0.899. The Morgan fingerprint density at radius 3 is 3.00 bits per heavy atom. The number of amides is 1. The summed E-state index contributed by atoms with van der Waals surface area (Å²) >= 11 is 3.45. The molecule has 0 aliphatic carbocycles. The molecule has 6 heteroatoms. The highest BCUT2D eigenvalue weighted by Gasteiger charge is 2.34. The van der Waals surface area contributed by atoms with Crippen molar-refractivity contribution in [1.29, 1.82) is 0 Å². The summed E-state index contributed by atoms with van der Waals surface area (Å²) in [5.41, 5.74) is 0. The maximum atomic E-state index is 11.1. The number of aromatic nitrogens is 1. The van der Waals surface area contributed by atoms with E-state index in [4.69, 9.17) is 9.84 Å². The molecule has 2 heterocycles. The number of carboxylic acid groups (broad SMARTS) is 1. The molecule has 0 saturated carbocycles. The first-order valence-electron chi connectivity index (χ1n) is 6.75. The van der Waals surface area contributed by atoms with Gasteiger partial charge in [0, 0.05) is 28.5 Å². The largest absolute Gasteiger partial charge is 0.472 e. The van der Waals surface area contributed by atoms with Gasteiger partial charge in [0.15, 0.2) is 0 Å². The van der Waals surface area contributed by atoms with Gasteiger partial charge in [-0.25, -0.2) is 9.78 Å². The zero-order chi connectivity index (χ0) is 15.0. The number of ether oxygens (including phenoxy) is 1. The molecule has 21 heavy (non-hydrogen) atoms. The summed E-state index contributed by atoms with van der Waals surface area (Å²) in [6.07, 6.45) is 1.33. The highest BCUT2D eigenvalue weighted by Crippen LogP contribution is 2.29. The molecule has 1 fully saturated rings. The predicted molar refractivity (Wildman–Crippen MR) is 82.7 cm³/mol. The van der Waals surface area contributed by atoms with Gasteiger partial charge < -0.3 is 14.7 Å². The molecular weight excluding hydrogens is 336 g/mol. The SMILES string of the molecule is CC1C[C@@H](Oc2nccc3ccc(Br)cc23)CN1C(=O)O. The number of fused-ring (bicyclic) bond motifs is 1. The number of hydrogen-bond donors (Lipinski definition) is 1. The van der Waals surface area contributed by atoms with E-state index in [-0.39, 0.29) is 12.1 Å². The highest BCUT2D eigenvalue weighted by molar-refractivity contribution is 9.10. The van der Waals surface area contributed by atoms with Crippen LogP contribution in [0.25, 0.3) is 10.8 Å². The van der Waals surface area contributed by atoms with E-state index in [2.05, 4.69) is 20.9 Å². The van der Waals surface area contributed by atoms with Crippen LogP contribution in [0.15, 0.2) is 34.9 Å². The van der Waals surface area contributed by atoms with Crippen molar-refractivity contribution < 1.29 is 14.6 Å². The fraction of sp³-hybridized carbons (Fsp3) is 0.333. The predicted octanol–water partition coefficient (Wildman–Crippen LogP) is 3.52. The standard InChI is InChI=1S/C15H15BrN2O3/c1-9-6-12(8-18(9)15(19)20)21-14-13-7-11(16)3-2-10(13)4-5-17-14/h2-5,7,9,12H,6,8H2,1H3,(H,19,20)/t9?,12-/m1/s1. The van der Waals surface area contributed by atoms with Crippen LogP contribution in [-0.4, -0.2) is 39.8 Å². The summed E-state index contributed by atoms with van der Waals surface area (Å²) in [6.45, 7) is 2.27. The van der Waals surface area contributed by atoms with Crippen molar-refractivity contribution >= 4 is 32.8 Å². The van der Waals surface area contributed by atoms with Crippen molar-refractivity contribution in [3.63, 3.8) is 0 Å². The van der Waals surface area contributed by atoms with Gasteiger partial charge in [-0.1, -0.05) is 22.0 Å². The molecular formula is C15H15BrN2O3. The number of likely N-dealkylation sites (tertiary alicyclic amines) is 1. The number of rotatable bonds is 2. The molecule has 2 atom stereocenters. The fourth-order valence-electron chi connectivity index (χ4n) is 2.70. The number of pyridine rings is 1. The van der Waals surface area contributed by atoms with Gasteiger partial charge in [0.2, 0.25) is 5.88 Å². The molecule has 2 aromatic rings. The lowest BCUT2D eigenvalue weighted by molar-refractivity contribution is 0.136. The van der Waals surface area contributed by atoms with Crippen molar-refractivity contribution in [2.45, 2.75) is 25.5 Å². The van der Waals surface area contributed by atoms with Crippen LogP contribution >= 0.6 is 15.9 Å². The maximum Gasteiger partial charge on any atom is 0.407 e. The molecule has 1 aromatic carbocycles. The Labute approximate surface area is 130 Å². The molecule has 0 spiro atoms. The Hall–Kier alpha value is -1.82. The van der Waals surface area contributed by atoms with E-state index >= 15 is 0 Å². The van der Waals surface area contributed by atoms with E-state index < -0.39 is 6.09 Å². The van der Waals surface area contributed by atoms with Crippen LogP contribution in [0.3, 0.4) is 0 Å². The smallest absolute Gasteiger partial charge is 0.407 e. The lowest BCUT2D eigenvalue weighted by atomic mass is 10.2. The minimum atomic E-state index is -0.901. The first-order valence-corrected chi connectivity index (χ1v) is 7.54. The molecule has 1 saturated heterocycles. The Balaban J connectivity index is 1.86. The molecule has 1 N–H and O–H groups in total. The molecule has 1 unspecified atom stereocenters. The molecule has 1 amide bonds. The number of benzene rings is 1. The van der Waals surface area contributed by atoms with Gasteiger partial charge in [-0.2, -0.15) is 0 Å².